The number of ether oxygens (including phenoxy) is 1. The largest absolute Gasteiger partial charge is 0.377 e. The van der Waals surface area contributed by atoms with Crippen LogP contribution in [0.5, 0.6) is 0 Å². The molecule has 0 spiro atoms. The third-order valence-corrected chi connectivity index (χ3v) is 4.19. The van der Waals surface area contributed by atoms with Crippen molar-refractivity contribution in [3.8, 4) is 0 Å². The number of hydrogen-bond acceptors (Lipinski definition) is 3. The third-order valence-electron chi connectivity index (χ3n) is 2.57. The van der Waals surface area contributed by atoms with E-state index in [1.807, 2.05) is 11.8 Å². The van der Waals surface area contributed by atoms with Gasteiger partial charge in [0.15, 0.2) is 0 Å². The molecule has 15 heavy (non-hydrogen) atoms. The standard InChI is InChI=1S/C12H23NOS/c1-9(2)13-7-10(3)8-15-12-5-6-14-11(12)4/h9,11-13H,3,5-8H2,1-2,4H3. The number of nitrogens with one attached hydrogen (secondary N) is 1. The second-order valence-electron chi connectivity index (χ2n) is 4.50. The number of thioether (sulfide) groups is 1. The maximum absolute atomic E-state index is 5.53. The van der Waals surface area contributed by atoms with Crippen LogP contribution in [0.25, 0.3) is 0 Å². The molecule has 0 amide bonds. The van der Waals surface area contributed by atoms with Crippen molar-refractivity contribution in [1.29, 1.82) is 0 Å². The van der Waals surface area contributed by atoms with Crippen LogP contribution in [0.15, 0.2) is 12.2 Å². The van der Waals surface area contributed by atoms with Crippen LogP contribution in [0, 0.1) is 0 Å². The smallest absolute Gasteiger partial charge is 0.0666 e. The zero-order valence-corrected chi connectivity index (χ0v) is 10.9. The van der Waals surface area contributed by atoms with Crippen molar-refractivity contribution in [2.75, 3.05) is 18.9 Å². The summed E-state index contributed by atoms with van der Waals surface area (Å²) in [5, 5.41) is 4.06. The highest BCUT2D eigenvalue weighted by atomic mass is 32.2. The van der Waals surface area contributed by atoms with E-state index in [9.17, 15) is 0 Å². The van der Waals surface area contributed by atoms with Crippen molar-refractivity contribution >= 4 is 11.8 Å². The summed E-state index contributed by atoms with van der Waals surface area (Å²) < 4.78 is 5.53. The van der Waals surface area contributed by atoms with Gasteiger partial charge in [-0.05, 0) is 13.3 Å². The van der Waals surface area contributed by atoms with Crippen LogP contribution in [0.2, 0.25) is 0 Å². The summed E-state index contributed by atoms with van der Waals surface area (Å²) in [6.45, 7) is 12.4. The van der Waals surface area contributed by atoms with Gasteiger partial charge >= 0.3 is 0 Å². The molecule has 0 bridgehead atoms. The average molecular weight is 229 g/mol. The van der Waals surface area contributed by atoms with Gasteiger partial charge in [-0.25, -0.2) is 0 Å². The Morgan fingerprint density at radius 2 is 2.33 bits per heavy atom. The Morgan fingerprint density at radius 1 is 1.60 bits per heavy atom. The van der Waals surface area contributed by atoms with Gasteiger partial charge in [0.2, 0.25) is 0 Å². The first kappa shape index (κ1) is 13.1. The fourth-order valence-corrected chi connectivity index (χ4v) is 2.72. The Kier molecular flexibility index (Phi) is 5.72. The zero-order chi connectivity index (χ0) is 11.3. The molecule has 0 aromatic carbocycles. The molecule has 0 aliphatic carbocycles. The molecular weight excluding hydrogens is 206 g/mol. The molecule has 1 rings (SSSR count). The minimum atomic E-state index is 0.417. The first-order valence-electron chi connectivity index (χ1n) is 5.73. The van der Waals surface area contributed by atoms with E-state index in [0.717, 1.165) is 18.9 Å². The number of rotatable bonds is 6. The van der Waals surface area contributed by atoms with Gasteiger partial charge in [0.05, 0.1) is 6.10 Å². The normalized spacial score (nSPS) is 26.1. The Hall–Kier alpha value is 0.01000. The van der Waals surface area contributed by atoms with Crippen LogP contribution in [0.3, 0.4) is 0 Å². The topological polar surface area (TPSA) is 21.3 Å². The fourth-order valence-electron chi connectivity index (χ4n) is 1.56. The minimum Gasteiger partial charge on any atom is -0.377 e. The van der Waals surface area contributed by atoms with Crippen LogP contribution in [0.4, 0.5) is 0 Å². The van der Waals surface area contributed by atoms with Crippen molar-refractivity contribution in [3.05, 3.63) is 12.2 Å². The molecule has 2 nitrogen and oxygen atoms in total. The third kappa shape index (κ3) is 5.05. The van der Waals surface area contributed by atoms with E-state index in [-0.39, 0.29) is 0 Å². The lowest BCUT2D eigenvalue weighted by molar-refractivity contribution is 0.127. The molecule has 1 fully saturated rings. The fraction of sp³-hybridized carbons (Fsp3) is 0.833. The SMILES string of the molecule is C=C(CNC(C)C)CSC1CCOC1C. The average Bonchev–Trinajstić information content (AvgIpc) is 2.58. The van der Waals surface area contributed by atoms with Gasteiger partial charge in [-0.3, -0.25) is 0 Å². The van der Waals surface area contributed by atoms with Crippen molar-refractivity contribution in [1.82, 2.24) is 5.32 Å². The molecule has 2 unspecified atom stereocenters. The zero-order valence-electron chi connectivity index (χ0n) is 10.1. The molecular formula is C12H23NOS. The minimum absolute atomic E-state index is 0.417. The molecule has 1 aliphatic heterocycles. The van der Waals surface area contributed by atoms with Gasteiger partial charge in [0, 0.05) is 30.2 Å². The molecule has 0 aromatic heterocycles. The van der Waals surface area contributed by atoms with Gasteiger partial charge in [0.25, 0.3) is 0 Å². The van der Waals surface area contributed by atoms with Crippen LogP contribution in [0.1, 0.15) is 27.2 Å². The number of hydrogen-bond donors (Lipinski definition) is 1. The van der Waals surface area contributed by atoms with Crippen LogP contribution < -0.4 is 5.32 Å². The quantitative estimate of drug-likeness (QED) is 0.707. The van der Waals surface area contributed by atoms with E-state index >= 15 is 0 Å². The van der Waals surface area contributed by atoms with Gasteiger partial charge in [0.1, 0.15) is 0 Å². The Bertz CT molecular complexity index is 206. The Morgan fingerprint density at radius 3 is 2.87 bits per heavy atom. The summed E-state index contributed by atoms with van der Waals surface area (Å²) in [5.74, 6) is 1.05. The van der Waals surface area contributed by atoms with Gasteiger partial charge in [-0.15, -0.1) is 0 Å². The van der Waals surface area contributed by atoms with Crippen LogP contribution in [-0.4, -0.2) is 36.3 Å². The van der Waals surface area contributed by atoms with E-state index in [1.54, 1.807) is 0 Å². The maximum atomic E-state index is 5.53. The van der Waals surface area contributed by atoms with Gasteiger partial charge in [-0.2, -0.15) is 11.8 Å². The summed E-state index contributed by atoms with van der Waals surface area (Å²) in [7, 11) is 0. The molecule has 3 heteroatoms. The Labute approximate surface area is 97.8 Å². The predicted octanol–water partition coefficient (Wildman–Crippen LogP) is 2.45. The van der Waals surface area contributed by atoms with Crippen LogP contribution in [-0.2, 0) is 4.74 Å². The summed E-state index contributed by atoms with van der Waals surface area (Å²) in [6.07, 6.45) is 1.61. The highest BCUT2D eigenvalue weighted by Gasteiger charge is 2.24. The van der Waals surface area contributed by atoms with Gasteiger partial charge < -0.3 is 10.1 Å². The lowest BCUT2D eigenvalue weighted by atomic mass is 10.3. The van der Waals surface area contributed by atoms with E-state index in [1.165, 1.54) is 12.0 Å². The lowest BCUT2D eigenvalue weighted by Gasteiger charge is -2.15. The van der Waals surface area contributed by atoms with E-state index in [4.69, 9.17) is 4.74 Å². The van der Waals surface area contributed by atoms with Crippen LogP contribution >= 0.6 is 11.8 Å². The molecule has 1 aliphatic rings. The molecule has 0 radical (unpaired) electrons. The van der Waals surface area contributed by atoms with E-state index < -0.39 is 0 Å². The summed E-state index contributed by atoms with van der Waals surface area (Å²) in [5.41, 5.74) is 1.29. The van der Waals surface area contributed by atoms with Crippen molar-refractivity contribution in [3.63, 3.8) is 0 Å². The highest BCUT2D eigenvalue weighted by molar-refractivity contribution is 8.00. The first-order valence-corrected chi connectivity index (χ1v) is 6.77. The van der Waals surface area contributed by atoms with E-state index in [2.05, 4.69) is 32.7 Å². The van der Waals surface area contributed by atoms with Gasteiger partial charge in [-0.1, -0.05) is 26.0 Å². The predicted molar refractivity (Wildman–Crippen MR) is 68.6 cm³/mol. The second kappa shape index (κ2) is 6.56. The summed E-state index contributed by atoms with van der Waals surface area (Å²) >= 11 is 1.99. The molecule has 1 N–H and O–H groups in total. The lowest BCUT2D eigenvalue weighted by Crippen LogP contribution is -2.25. The molecule has 1 saturated heterocycles. The Balaban J connectivity index is 2.11. The second-order valence-corrected chi connectivity index (χ2v) is 5.73. The highest BCUT2D eigenvalue weighted by Crippen LogP contribution is 2.27. The molecule has 0 aromatic rings. The van der Waals surface area contributed by atoms with Crippen molar-refractivity contribution < 1.29 is 4.74 Å². The molecule has 0 saturated carbocycles. The molecule has 88 valence electrons. The maximum Gasteiger partial charge on any atom is 0.0666 e. The van der Waals surface area contributed by atoms with Crippen molar-refractivity contribution in [2.45, 2.75) is 44.6 Å². The first-order chi connectivity index (χ1) is 7.09. The molecule has 1 heterocycles. The summed E-state index contributed by atoms with van der Waals surface area (Å²) in [6, 6.07) is 0.542. The van der Waals surface area contributed by atoms with Crippen molar-refractivity contribution in [2.24, 2.45) is 0 Å². The molecule has 2 atom stereocenters. The summed E-state index contributed by atoms with van der Waals surface area (Å²) in [4.78, 5) is 0. The monoisotopic (exact) mass is 229 g/mol. The van der Waals surface area contributed by atoms with E-state index in [0.29, 0.717) is 17.4 Å².